The highest BCUT2D eigenvalue weighted by Crippen LogP contribution is 2.12. The monoisotopic (exact) mass is 354 g/mol. The third-order valence-electron chi connectivity index (χ3n) is 3.94. The number of unbranched alkanes of at least 4 members (excludes halogenated alkanes) is 1. The molecule has 0 unspecified atom stereocenters. The molecule has 6 heteroatoms. The lowest BCUT2D eigenvalue weighted by Crippen LogP contribution is -2.27. The zero-order valence-corrected chi connectivity index (χ0v) is 14.1. The predicted octanol–water partition coefficient (Wildman–Crippen LogP) is 3.26. The minimum atomic E-state index is -0.313. The number of fused-ring (bicyclic) bond motifs is 1. The Bertz CT molecular complexity index is 951. The summed E-state index contributed by atoms with van der Waals surface area (Å²) in [6.45, 7) is 0.953. The van der Waals surface area contributed by atoms with Gasteiger partial charge in [-0.3, -0.25) is 9.59 Å². The average molecular weight is 354 g/mol. The van der Waals surface area contributed by atoms with E-state index >= 15 is 0 Å². The summed E-state index contributed by atoms with van der Waals surface area (Å²) < 4.78 is 18.3. The first-order valence-corrected chi connectivity index (χ1v) is 8.42. The number of benzene rings is 2. The zero-order chi connectivity index (χ0) is 18.4. The molecule has 0 aliphatic heterocycles. The fourth-order valence-corrected chi connectivity index (χ4v) is 2.58. The quantitative estimate of drug-likeness (QED) is 0.640. The highest BCUT2D eigenvalue weighted by molar-refractivity contribution is 5.96. The van der Waals surface area contributed by atoms with Gasteiger partial charge in [0.25, 0.3) is 11.5 Å². The normalized spacial score (nSPS) is 10.7. The van der Waals surface area contributed by atoms with Gasteiger partial charge >= 0.3 is 0 Å². The lowest BCUT2D eigenvalue weighted by Gasteiger charge is -2.08. The summed E-state index contributed by atoms with van der Waals surface area (Å²) in [5.74, 6) is 0.00303. The summed E-state index contributed by atoms with van der Waals surface area (Å²) in [4.78, 5) is 26.8. The summed E-state index contributed by atoms with van der Waals surface area (Å²) in [5.41, 5.74) is -0.0304. The molecular weight excluding hydrogens is 335 g/mol. The number of carbonyl (C=O) groups excluding carboxylic acids is 1. The minimum absolute atomic E-state index is 0.247. The third-order valence-corrected chi connectivity index (χ3v) is 3.94. The van der Waals surface area contributed by atoms with E-state index in [1.807, 2.05) is 6.07 Å². The molecule has 2 aromatic carbocycles. The first-order valence-electron chi connectivity index (χ1n) is 8.42. The van der Waals surface area contributed by atoms with Gasteiger partial charge in [-0.25, -0.2) is 4.39 Å². The molecule has 0 fully saturated rings. The van der Waals surface area contributed by atoms with Crippen LogP contribution in [0, 0.1) is 5.82 Å². The van der Waals surface area contributed by atoms with E-state index < -0.39 is 0 Å². The molecule has 1 aromatic heterocycles. The van der Waals surface area contributed by atoms with Crippen molar-refractivity contribution >= 4 is 16.7 Å². The van der Waals surface area contributed by atoms with Gasteiger partial charge in [-0.1, -0.05) is 18.2 Å². The van der Waals surface area contributed by atoms with Crippen LogP contribution in [-0.4, -0.2) is 24.0 Å². The standard InChI is InChI=1S/C20H19FN2O3/c21-15-7-9-16(10-8-15)26-12-4-3-11-22-20(25)18-13-14-5-1-2-6-17(14)19(24)23-18/h1-2,5-10,13H,3-4,11-12H2,(H,22,25)(H,23,24). The number of hydrogen-bond donors (Lipinski definition) is 2. The van der Waals surface area contributed by atoms with E-state index in [0.717, 1.165) is 18.2 Å². The average Bonchev–Trinajstić information content (AvgIpc) is 2.65. The number of pyridine rings is 1. The molecule has 0 saturated carbocycles. The number of rotatable bonds is 7. The van der Waals surface area contributed by atoms with E-state index in [2.05, 4.69) is 10.3 Å². The highest BCUT2D eigenvalue weighted by Gasteiger charge is 2.08. The first-order chi connectivity index (χ1) is 12.6. The lowest BCUT2D eigenvalue weighted by molar-refractivity contribution is 0.0947. The largest absolute Gasteiger partial charge is 0.494 e. The molecule has 0 spiro atoms. The maximum absolute atomic E-state index is 12.8. The van der Waals surface area contributed by atoms with Gasteiger partial charge in [0.2, 0.25) is 0 Å². The Morgan fingerprint density at radius 2 is 1.85 bits per heavy atom. The van der Waals surface area contributed by atoms with Crippen molar-refractivity contribution in [3.63, 3.8) is 0 Å². The van der Waals surface area contributed by atoms with Gasteiger partial charge in [-0.05, 0) is 54.6 Å². The number of H-pyrrole nitrogens is 1. The van der Waals surface area contributed by atoms with Crippen LogP contribution >= 0.6 is 0 Å². The predicted molar refractivity (Wildman–Crippen MR) is 98.0 cm³/mol. The van der Waals surface area contributed by atoms with Crippen LogP contribution in [-0.2, 0) is 0 Å². The van der Waals surface area contributed by atoms with Gasteiger partial charge in [0, 0.05) is 11.9 Å². The number of nitrogens with one attached hydrogen (secondary N) is 2. The summed E-state index contributed by atoms with van der Waals surface area (Å²) in [6, 6.07) is 14.6. The first kappa shape index (κ1) is 17.7. The van der Waals surface area contributed by atoms with Crippen LogP contribution < -0.4 is 15.6 Å². The Hall–Kier alpha value is -3.15. The fraction of sp³-hybridized carbons (Fsp3) is 0.200. The summed E-state index contributed by atoms with van der Waals surface area (Å²) in [5, 5.41) is 4.07. The summed E-state index contributed by atoms with van der Waals surface area (Å²) >= 11 is 0. The number of hydrogen-bond acceptors (Lipinski definition) is 3. The summed E-state index contributed by atoms with van der Waals surface area (Å²) in [6.07, 6.45) is 1.47. The number of aromatic nitrogens is 1. The molecule has 2 N–H and O–H groups in total. The molecular formula is C20H19FN2O3. The summed E-state index contributed by atoms with van der Waals surface area (Å²) in [7, 11) is 0. The van der Waals surface area contributed by atoms with Crippen molar-refractivity contribution in [1.82, 2.24) is 10.3 Å². The molecule has 1 amide bonds. The Morgan fingerprint density at radius 3 is 2.65 bits per heavy atom. The van der Waals surface area contributed by atoms with Gasteiger partial charge in [-0.15, -0.1) is 0 Å². The molecule has 0 radical (unpaired) electrons. The molecule has 134 valence electrons. The van der Waals surface area contributed by atoms with Crippen molar-refractivity contribution in [3.8, 4) is 5.75 Å². The Balaban J connectivity index is 1.44. The fourth-order valence-electron chi connectivity index (χ4n) is 2.58. The van der Waals surface area contributed by atoms with Crippen molar-refractivity contribution in [3.05, 3.63) is 76.5 Å². The van der Waals surface area contributed by atoms with Crippen LogP contribution in [0.2, 0.25) is 0 Å². The second-order valence-corrected chi connectivity index (χ2v) is 5.86. The van der Waals surface area contributed by atoms with E-state index in [1.54, 1.807) is 36.4 Å². The van der Waals surface area contributed by atoms with Gasteiger partial charge in [0.1, 0.15) is 17.3 Å². The van der Waals surface area contributed by atoms with Gasteiger partial charge in [0.05, 0.1) is 6.61 Å². The molecule has 1 heterocycles. The van der Waals surface area contributed by atoms with Gasteiger partial charge in [0.15, 0.2) is 0 Å². The van der Waals surface area contributed by atoms with Crippen LogP contribution in [0.25, 0.3) is 10.8 Å². The van der Waals surface area contributed by atoms with Crippen LogP contribution in [0.1, 0.15) is 23.3 Å². The molecule has 5 nitrogen and oxygen atoms in total. The molecule has 26 heavy (non-hydrogen) atoms. The molecule has 0 bridgehead atoms. The zero-order valence-electron chi connectivity index (χ0n) is 14.1. The highest BCUT2D eigenvalue weighted by atomic mass is 19.1. The second kappa shape index (κ2) is 8.29. The number of amides is 1. The van der Waals surface area contributed by atoms with Crippen molar-refractivity contribution < 1.29 is 13.9 Å². The van der Waals surface area contributed by atoms with Crippen LogP contribution in [0.4, 0.5) is 4.39 Å². The number of ether oxygens (including phenoxy) is 1. The van der Waals surface area contributed by atoms with Crippen molar-refractivity contribution in [2.75, 3.05) is 13.2 Å². The Kier molecular flexibility index (Phi) is 5.63. The Labute approximate surface area is 149 Å². The Morgan fingerprint density at radius 1 is 1.08 bits per heavy atom. The number of halogens is 1. The van der Waals surface area contributed by atoms with Crippen LogP contribution in [0.15, 0.2) is 59.4 Å². The van der Waals surface area contributed by atoms with E-state index in [0.29, 0.717) is 24.3 Å². The smallest absolute Gasteiger partial charge is 0.267 e. The topological polar surface area (TPSA) is 71.2 Å². The van der Waals surface area contributed by atoms with E-state index in [-0.39, 0.29) is 23.0 Å². The molecule has 0 aliphatic carbocycles. The van der Waals surface area contributed by atoms with Gasteiger partial charge < -0.3 is 15.0 Å². The number of aromatic amines is 1. The molecule has 3 aromatic rings. The van der Waals surface area contributed by atoms with Crippen molar-refractivity contribution in [2.45, 2.75) is 12.8 Å². The van der Waals surface area contributed by atoms with Crippen LogP contribution in [0.5, 0.6) is 5.75 Å². The van der Waals surface area contributed by atoms with E-state index in [9.17, 15) is 14.0 Å². The lowest BCUT2D eigenvalue weighted by atomic mass is 10.1. The SMILES string of the molecule is O=C(NCCCCOc1ccc(F)cc1)c1cc2ccccc2c(=O)[nH]1. The van der Waals surface area contributed by atoms with Crippen LogP contribution in [0.3, 0.4) is 0 Å². The third kappa shape index (κ3) is 4.47. The molecule has 3 rings (SSSR count). The maximum atomic E-state index is 12.8. The van der Waals surface area contributed by atoms with Crippen molar-refractivity contribution in [2.24, 2.45) is 0 Å². The molecule has 0 aliphatic rings. The molecule has 0 atom stereocenters. The maximum Gasteiger partial charge on any atom is 0.267 e. The minimum Gasteiger partial charge on any atom is -0.494 e. The van der Waals surface area contributed by atoms with Gasteiger partial charge in [-0.2, -0.15) is 0 Å². The second-order valence-electron chi connectivity index (χ2n) is 5.86. The molecule has 0 saturated heterocycles. The van der Waals surface area contributed by atoms with E-state index in [4.69, 9.17) is 4.74 Å². The number of carbonyl (C=O) groups is 1. The van der Waals surface area contributed by atoms with Crippen molar-refractivity contribution in [1.29, 1.82) is 0 Å². The van der Waals surface area contributed by atoms with E-state index in [1.165, 1.54) is 12.1 Å².